The monoisotopic (exact) mass is 410 g/mol. The van der Waals surface area contributed by atoms with Crippen LogP contribution in [-0.4, -0.2) is 36.5 Å². The molecule has 1 aromatic heterocycles. The Morgan fingerprint density at radius 3 is 2.38 bits per heavy atom. The van der Waals surface area contributed by atoms with Gasteiger partial charge in [0.15, 0.2) is 0 Å². The predicted octanol–water partition coefficient (Wildman–Crippen LogP) is 3.21. The van der Waals surface area contributed by atoms with Gasteiger partial charge in [-0.15, -0.1) is 0 Å². The largest absolute Gasteiger partial charge is 0.309 e. The van der Waals surface area contributed by atoms with Crippen molar-refractivity contribution >= 4 is 57.4 Å². The van der Waals surface area contributed by atoms with E-state index in [1.54, 1.807) is 17.0 Å². The lowest BCUT2D eigenvalue weighted by Crippen LogP contribution is -2.23. The topological polar surface area (TPSA) is 85.3 Å². The van der Waals surface area contributed by atoms with Crippen molar-refractivity contribution in [1.82, 2.24) is 15.0 Å². The van der Waals surface area contributed by atoms with Gasteiger partial charge >= 0.3 is 0 Å². The molecule has 2 aromatic rings. The first kappa shape index (κ1) is 19.1. The summed E-state index contributed by atoms with van der Waals surface area (Å²) in [5.74, 6) is 0.206. The summed E-state index contributed by atoms with van der Waals surface area (Å²) in [5.41, 5.74) is 1.62. The van der Waals surface area contributed by atoms with Crippen molar-refractivity contribution in [3.8, 4) is 0 Å². The second-order valence-corrected chi connectivity index (χ2v) is 6.48. The number of halogens is 3. The molecule has 0 N–H and O–H groups in total. The molecule has 0 aliphatic carbocycles. The van der Waals surface area contributed by atoms with E-state index in [9.17, 15) is 8.42 Å². The van der Waals surface area contributed by atoms with Crippen molar-refractivity contribution in [2.45, 2.75) is 13.3 Å². The molecule has 0 aliphatic rings. The molecule has 1 aromatic carbocycles. The number of rotatable bonds is 7. The lowest BCUT2D eigenvalue weighted by Gasteiger charge is -2.23. The molecule has 0 spiro atoms. The van der Waals surface area contributed by atoms with Gasteiger partial charge in [-0.1, -0.05) is 17.7 Å². The van der Waals surface area contributed by atoms with Crippen LogP contribution in [-0.2, 0) is 15.2 Å². The number of thiol groups is 1. The smallest absolute Gasteiger partial charge is 0.257 e. The van der Waals surface area contributed by atoms with Gasteiger partial charge in [0, 0.05) is 6.54 Å². The van der Waals surface area contributed by atoms with Crippen LogP contribution in [0.25, 0.3) is 0 Å². The maximum atomic E-state index is 10.5. The zero-order valence-electron chi connectivity index (χ0n) is 12.4. The molecule has 2 rings (SSSR count). The van der Waals surface area contributed by atoms with Gasteiger partial charge < -0.3 is 4.90 Å². The molecule has 11 heteroatoms. The van der Waals surface area contributed by atoms with Crippen molar-refractivity contribution in [2.24, 2.45) is 0 Å². The minimum atomic E-state index is -2.89. The number of aromatic nitrogens is 3. The molecule has 0 saturated carbocycles. The third kappa shape index (κ3) is 5.42. The summed E-state index contributed by atoms with van der Waals surface area (Å²) < 4.78 is 25.5. The highest BCUT2D eigenvalue weighted by atomic mass is 35.5. The number of aryl methyl sites for hydroxylation is 1. The second kappa shape index (κ2) is 8.77. The van der Waals surface area contributed by atoms with Crippen LogP contribution in [0.4, 0.5) is 11.6 Å². The quantitative estimate of drug-likeness (QED) is 0.553. The maximum Gasteiger partial charge on any atom is 0.257 e. The molecular weight excluding hydrogens is 399 g/mol. The zero-order chi connectivity index (χ0) is 17.7. The molecule has 1 heterocycles. The lowest BCUT2D eigenvalue weighted by atomic mass is 10.2. The fourth-order valence-electron chi connectivity index (χ4n) is 1.96. The Labute approximate surface area is 155 Å². The minimum absolute atomic E-state index is 0.0191. The van der Waals surface area contributed by atoms with E-state index in [-0.39, 0.29) is 23.1 Å². The highest BCUT2D eigenvalue weighted by Gasteiger charge is 2.17. The SMILES string of the molecule is Cc1ccc(N(CCCO[SH](=O)=O)c2nc(Cl)nc(Cl)n2)c(Cl)c1. The Kier molecular flexibility index (Phi) is 7.00. The molecule has 0 unspecified atom stereocenters. The van der Waals surface area contributed by atoms with Crippen LogP contribution in [0, 0.1) is 6.92 Å². The molecule has 24 heavy (non-hydrogen) atoms. The Morgan fingerprint density at radius 1 is 1.12 bits per heavy atom. The number of nitrogens with zero attached hydrogens (tertiary/aromatic N) is 4. The third-order valence-electron chi connectivity index (χ3n) is 2.93. The first-order chi connectivity index (χ1) is 11.4. The number of anilines is 2. The highest BCUT2D eigenvalue weighted by Crippen LogP contribution is 2.31. The molecule has 0 atom stereocenters. The summed E-state index contributed by atoms with van der Waals surface area (Å²) in [4.78, 5) is 13.5. The molecular formula is C13H13Cl3N4O3S. The lowest BCUT2D eigenvalue weighted by molar-refractivity contribution is 0.328. The van der Waals surface area contributed by atoms with E-state index < -0.39 is 11.0 Å². The van der Waals surface area contributed by atoms with Crippen LogP contribution >= 0.6 is 34.8 Å². The Balaban J connectivity index is 2.33. The van der Waals surface area contributed by atoms with Crippen LogP contribution < -0.4 is 4.90 Å². The molecule has 0 aliphatic heterocycles. The van der Waals surface area contributed by atoms with Crippen LogP contribution in [0.1, 0.15) is 12.0 Å². The molecule has 0 amide bonds. The molecule has 0 bridgehead atoms. The third-order valence-corrected chi connectivity index (χ3v) is 3.96. The van der Waals surface area contributed by atoms with E-state index in [4.69, 9.17) is 34.8 Å². The number of hydrogen-bond donors (Lipinski definition) is 1. The van der Waals surface area contributed by atoms with Crippen LogP contribution in [0.5, 0.6) is 0 Å². The standard InChI is InChI=1S/C13H13Cl3N4O3S/c1-8-3-4-10(9(14)7-8)20(5-2-6-23-24(21)22)13-18-11(15)17-12(16)19-13/h3-4,7,24H,2,5-6H2,1H3. The predicted molar refractivity (Wildman–Crippen MR) is 93.9 cm³/mol. The van der Waals surface area contributed by atoms with E-state index in [1.807, 2.05) is 13.0 Å². The maximum absolute atomic E-state index is 10.5. The van der Waals surface area contributed by atoms with Gasteiger partial charge in [0.25, 0.3) is 11.0 Å². The Hall–Kier alpha value is -1.19. The van der Waals surface area contributed by atoms with Crippen molar-refractivity contribution in [1.29, 1.82) is 0 Å². The summed E-state index contributed by atoms with van der Waals surface area (Å²) in [6.07, 6.45) is 0.383. The molecule has 0 fully saturated rings. The summed E-state index contributed by atoms with van der Waals surface area (Å²) in [6, 6.07) is 5.47. The molecule has 0 radical (unpaired) electrons. The van der Waals surface area contributed by atoms with Gasteiger partial charge in [-0.3, -0.25) is 4.18 Å². The van der Waals surface area contributed by atoms with Crippen molar-refractivity contribution < 1.29 is 12.6 Å². The van der Waals surface area contributed by atoms with E-state index >= 15 is 0 Å². The summed E-state index contributed by atoms with van der Waals surface area (Å²) in [5, 5.41) is 0.368. The van der Waals surface area contributed by atoms with Crippen molar-refractivity contribution in [2.75, 3.05) is 18.1 Å². The van der Waals surface area contributed by atoms with Gasteiger partial charge in [0.1, 0.15) is 0 Å². The molecule has 130 valence electrons. The van der Waals surface area contributed by atoms with Crippen molar-refractivity contribution in [3.05, 3.63) is 39.4 Å². The zero-order valence-corrected chi connectivity index (χ0v) is 15.6. The van der Waals surface area contributed by atoms with E-state index in [1.165, 1.54) is 0 Å². The average Bonchev–Trinajstić information content (AvgIpc) is 2.47. The number of hydrogen-bond acceptors (Lipinski definition) is 7. The van der Waals surface area contributed by atoms with Crippen molar-refractivity contribution in [3.63, 3.8) is 0 Å². The average molecular weight is 412 g/mol. The van der Waals surface area contributed by atoms with Gasteiger partial charge in [-0.2, -0.15) is 15.0 Å². The Bertz CT molecular complexity index is 776. The second-order valence-electron chi connectivity index (χ2n) is 4.69. The minimum Gasteiger partial charge on any atom is -0.309 e. The first-order valence-electron chi connectivity index (χ1n) is 6.75. The van der Waals surface area contributed by atoms with Crippen LogP contribution in [0.15, 0.2) is 18.2 Å². The van der Waals surface area contributed by atoms with Gasteiger partial charge in [0.05, 0.1) is 17.3 Å². The van der Waals surface area contributed by atoms with Gasteiger partial charge in [-0.05, 0) is 54.2 Å². The molecule has 7 nitrogen and oxygen atoms in total. The van der Waals surface area contributed by atoms with Gasteiger partial charge in [0.2, 0.25) is 16.5 Å². The number of benzene rings is 1. The van der Waals surface area contributed by atoms with Crippen LogP contribution in [0.2, 0.25) is 15.6 Å². The van der Waals surface area contributed by atoms with Crippen LogP contribution in [0.3, 0.4) is 0 Å². The highest BCUT2D eigenvalue weighted by molar-refractivity contribution is 7.67. The fraction of sp³-hybridized carbons (Fsp3) is 0.308. The molecule has 0 saturated heterocycles. The summed E-state index contributed by atoms with van der Waals surface area (Å²) >= 11 is 18.0. The normalized spacial score (nSPS) is 11.0. The van der Waals surface area contributed by atoms with Gasteiger partial charge in [-0.25, -0.2) is 8.42 Å². The van der Waals surface area contributed by atoms with E-state index in [0.29, 0.717) is 23.7 Å². The van der Waals surface area contributed by atoms with E-state index in [0.717, 1.165) is 5.56 Å². The Morgan fingerprint density at radius 2 is 1.79 bits per heavy atom. The fourth-order valence-corrected chi connectivity index (χ4v) is 2.93. The van der Waals surface area contributed by atoms with E-state index in [2.05, 4.69) is 19.1 Å². The summed E-state index contributed by atoms with van der Waals surface area (Å²) in [7, 11) is -2.89. The first-order valence-corrected chi connectivity index (χ1v) is 8.98. The summed E-state index contributed by atoms with van der Waals surface area (Å²) in [6.45, 7) is 2.27.